The van der Waals surface area contributed by atoms with Crippen LogP contribution >= 0.6 is 11.6 Å². The summed E-state index contributed by atoms with van der Waals surface area (Å²) in [5.74, 6) is 0. The van der Waals surface area contributed by atoms with Gasteiger partial charge in [0, 0.05) is 43.8 Å². The van der Waals surface area contributed by atoms with Crippen molar-refractivity contribution in [2.75, 3.05) is 26.2 Å². The summed E-state index contributed by atoms with van der Waals surface area (Å²) in [5.41, 5.74) is 0.806. The van der Waals surface area contributed by atoms with Gasteiger partial charge in [-0.3, -0.25) is 4.90 Å². The van der Waals surface area contributed by atoms with Crippen LogP contribution in [0, 0.1) is 11.8 Å². The number of carbonyl (C=O) groups excluding carboxylic acids is 1. The number of nitrogens with zero attached hydrogens (tertiary/aromatic N) is 3. The molecule has 0 saturated carbocycles. The van der Waals surface area contributed by atoms with Crippen molar-refractivity contribution in [2.24, 2.45) is 0 Å². The molecule has 0 aliphatic carbocycles. The highest BCUT2D eigenvalue weighted by atomic mass is 35.5. The van der Waals surface area contributed by atoms with E-state index in [-0.39, 0.29) is 6.09 Å². The van der Waals surface area contributed by atoms with Crippen LogP contribution < -0.4 is 0 Å². The highest BCUT2D eigenvalue weighted by Gasteiger charge is 2.27. The van der Waals surface area contributed by atoms with Crippen molar-refractivity contribution < 1.29 is 9.53 Å². The number of benzene rings is 1. The van der Waals surface area contributed by atoms with Crippen molar-refractivity contribution in [1.82, 2.24) is 9.80 Å². The van der Waals surface area contributed by atoms with E-state index in [4.69, 9.17) is 21.6 Å². The Kier molecular flexibility index (Phi) is 7.53. The number of ether oxygens (including phenoxy) is 1. The molecule has 5 nitrogen and oxygen atoms in total. The molecular weight excluding hydrogens is 326 g/mol. The molecule has 0 spiro atoms. The molecule has 1 atom stereocenters. The molecular formula is C18H26ClN3O2. The standard InChI is InChI=1S/C17H25ClN2O2.CHN/c1-13(14-5-7-15(18)8-6-14)19-9-11-20(12-10-19)16(21)22-17(2,3)4;1-2/h5-8,13H,9-12H2,1-4H3;1H. The van der Waals surface area contributed by atoms with Crippen LogP contribution in [-0.2, 0) is 4.74 Å². The largest absolute Gasteiger partial charge is 0.444 e. The normalized spacial score (nSPS) is 16.7. The second-order valence-corrected chi connectivity index (χ2v) is 7.17. The third-order valence-electron chi connectivity index (χ3n) is 3.87. The van der Waals surface area contributed by atoms with Gasteiger partial charge < -0.3 is 9.64 Å². The fraction of sp³-hybridized carbons (Fsp3) is 0.556. The average molecular weight is 352 g/mol. The van der Waals surface area contributed by atoms with E-state index < -0.39 is 5.60 Å². The van der Waals surface area contributed by atoms with Crippen LogP contribution in [0.3, 0.4) is 0 Å². The molecule has 0 N–H and O–H groups in total. The van der Waals surface area contributed by atoms with Crippen molar-refractivity contribution in [3.63, 3.8) is 0 Å². The molecule has 1 aromatic carbocycles. The molecule has 6 heteroatoms. The Balaban J connectivity index is 0.00000139. The Morgan fingerprint density at radius 3 is 2.12 bits per heavy atom. The summed E-state index contributed by atoms with van der Waals surface area (Å²) >= 11 is 5.94. The predicted molar refractivity (Wildman–Crippen MR) is 95.9 cm³/mol. The van der Waals surface area contributed by atoms with Crippen LogP contribution in [0.25, 0.3) is 0 Å². The van der Waals surface area contributed by atoms with Gasteiger partial charge in [0.05, 0.1) is 0 Å². The molecule has 1 aliphatic rings. The Morgan fingerprint density at radius 1 is 1.17 bits per heavy atom. The number of piperazine rings is 1. The van der Waals surface area contributed by atoms with Gasteiger partial charge in [-0.2, -0.15) is 0 Å². The summed E-state index contributed by atoms with van der Waals surface area (Å²) in [6, 6.07) is 8.29. The quantitative estimate of drug-likeness (QED) is 0.805. The summed E-state index contributed by atoms with van der Waals surface area (Å²) in [5, 5.41) is 7.26. The van der Waals surface area contributed by atoms with E-state index in [1.807, 2.05) is 32.9 Å². The molecule has 0 radical (unpaired) electrons. The monoisotopic (exact) mass is 351 g/mol. The second-order valence-electron chi connectivity index (χ2n) is 6.73. The van der Waals surface area contributed by atoms with Gasteiger partial charge in [0.15, 0.2) is 0 Å². The Hall–Kier alpha value is -1.77. The summed E-state index contributed by atoms with van der Waals surface area (Å²) in [6.45, 7) is 14.5. The number of rotatable bonds is 2. The minimum Gasteiger partial charge on any atom is -0.444 e. The Morgan fingerprint density at radius 2 is 1.67 bits per heavy atom. The van der Waals surface area contributed by atoms with Gasteiger partial charge in [-0.05, 0) is 45.4 Å². The number of hydrogen-bond donors (Lipinski definition) is 0. The van der Waals surface area contributed by atoms with E-state index in [0.29, 0.717) is 19.1 Å². The van der Waals surface area contributed by atoms with Gasteiger partial charge in [-0.15, -0.1) is 0 Å². The SMILES string of the molecule is C#N.CC(c1ccc(Cl)cc1)N1CCN(C(=O)OC(C)(C)C)CC1. The lowest BCUT2D eigenvalue weighted by Gasteiger charge is -2.38. The highest BCUT2D eigenvalue weighted by molar-refractivity contribution is 6.30. The number of amides is 1. The van der Waals surface area contributed by atoms with Gasteiger partial charge in [-0.1, -0.05) is 23.7 Å². The van der Waals surface area contributed by atoms with E-state index in [9.17, 15) is 4.79 Å². The van der Waals surface area contributed by atoms with Gasteiger partial charge in [0.25, 0.3) is 0 Å². The zero-order valence-electron chi connectivity index (χ0n) is 14.8. The first-order chi connectivity index (χ1) is 11.3. The fourth-order valence-corrected chi connectivity index (χ4v) is 2.70. The van der Waals surface area contributed by atoms with Crippen molar-refractivity contribution in [3.05, 3.63) is 34.9 Å². The van der Waals surface area contributed by atoms with E-state index in [2.05, 4.69) is 30.5 Å². The van der Waals surface area contributed by atoms with Crippen LogP contribution in [-0.4, -0.2) is 47.7 Å². The van der Waals surface area contributed by atoms with E-state index in [1.165, 1.54) is 5.56 Å². The van der Waals surface area contributed by atoms with Crippen LogP contribution in [0.5, 0.6) is 0 Å². The van der Waals surface area contributed by atoms with E-state index in [0.717, 1.165) is 18.1 Å². The summed E-state index contributed by atoms with van der Waals surface area (Å²) in [6.07, 6.45) is -0.216. The molecule has 0 aromatic heterocycles. The number of carbonyl (C=O) groups is 1. The van der Waals surface area contributed by atoms with Crippen LogP contribution in [0.15, 0.2) is 24.3 Å². The molecule has 2 rings (SSSR count). The van der Waals surface area contributed by atoms with Crippen LogP contribution in [0.2, 0.25) is 5.02 Å². The zero-order chi connectivity index (χ0) is 18.3. The topological polar surface area (TPSA) is 56.6 Å². The summed E-state index contributed by atoms with van der Waals surface area (Å²) < 4.78 is 5.42. The van der Waals surface area contributed by atoms with Crippen molar-refractivity contribution >= 4 is 17.7 Å². The van der Waals surface area contributed by atoms with Crippen molar-refractivity contribution in [2.45, 2.75) is 39.3 Å². The lowest BCUT2D eigenvalue weighted by atomic mass is 10.1. The highest BCUT2D eigenvalue weighted by Crippen LogP contribution is 2.23. The minimum absolute atomic E-state index is 0.216. The van der Waals surface area contributed by atoms with Gasteiger partial charge >= 0.3 is 6.09 Å². The maximum absolute atomic E-state index is 12.1. The molecule has 1 saturated heterocycles. The molecule has 0 bridgehead atoms. The molecule has 1 unspecified atom stereocenters. The van der Waals surface area contributed by atoms with E-state index >= 15 is 0 Å². The van der Waals surface area contributed by atoms with Crippen molar-refractivity contribution in [3.8, 4) is 6.57 Å². The van der Waals surface area contributed by atoms with Crippen LogP contribution in [0.1, 0.15) is 39.3 Å². The fourth-order valence-electron chi connectivity index (χ4n) is 2.57. The minimum atomic E-state index is -0.440. The van der Waals surface area contributed by atoms with Gasteiger partial charge in [0.2, 0.25) is 0 Å². The van der Waals surface area contributed by atoms with E-state index in [1.54, 1.807) is 4.90 Å². The number of nitriles is 1. The molecule has 132 valence electrons. The predicted octanol–water partition coefficient (Wildman–Crippen LogP) is 4.09. The molecule has 1 amide bonds. The lowest BCUT2D eigenvalue weighted by molar-refractivity contribution is 0.0110. The zero-order valence-corrected chi connectivity index (χ0v) is 15.6. The molecule has 24 heavy (non-hydrogen) atoms. The second kappa shape index (κ2) is 8.91. The first kappa shape index (κ1) is 20.3. The lowest BCUT2D eigenvalue weighted by Crippen LogP contribution is -2.50. The Labute approximate surface area is 149 Å². The molecule has 1 aliphatic heterocycles. The first-order valence-corrected chi connectivity index (χ1v) is 8.37. The average Bonchev–Trinajstić information content (AvgIpc) is 2.55. The van der Waals surface area contributed by atoms with Gasteiger partial charge in [0.1, 0.15) is 5.60 Å². The van der Waals surface area contributed by atoms with Crippen LogP contribution in [0.4, 0.5) is 4.79 Å². The smallest absolute Gasteiger partial charge is 0.410 e. The number of halogens is 1. The molecule has 1 aromatic rings. The Bertz CT molecular complexity index is 544. The maximum atomic E-state index is 12.1. The first-order valence-electron chi connectivity index (χ1n) is 7.99. The third kappa shape index (κ3) is 6.03. The van der Waals surface area contributed by atoms with Crippen molar-refractivity contribution in [1.29, 1.82) is 5.26 Å². The summed E-state index contributed by atoms with van der Waals surface area (Å²) in [7, 11) is 0. The summed E-state index contributed by atoms with van der Waals surface area (Å²) in [4.78, 5) is 16.2. The molecule has 1 heterocycles. The molecule has 1 fully saturated rings. The number of hydrogen-bond acceptors (Lipinski definition) is 4. The van der Waals surface area contributed by atoms with Gasteiger partial charge in [-0.25, -0.2) is 10.1 Å². The third-order valence-corrected chi connectivity index (χ3v) is 4.12. The maximum Gasteiger partial charge on any atom is 0.410 e.